The topological polar surface area (TPSA) is 61.4 Å². The SMILES string of the molecule is O=C(NCCc1ccccc1)C(=Cc1ccc(N(c2ccccc2)c2ccccc2)cc1)C(=O)NCCc1ccccc1. The van der Waals surface area contributed by atoms with E-state index in [2.05, 4.69) is 39.8 Å². The van der Waals surface area contributed by atoms with Crippen molar-refractivity contribution in [2.75, 3.05) is 18.0 Å². The summed E-state index contributed by atoms with van der Waals surface area (Å²) in [4.78, 5) is 28.8. The molecule has 0 bridgehead atoms. The van der Waals surface area contributed by atoms with Gasteiger partial charge in [0.2, 0.25) is 0 Å². The molecule has 5 rings (SSSR count). The Hall–Kier alpha value is -5.42. The first-order valence-corrected chi connectivity index (χ1v) is 14.5. The minimum Gasteiger partial charge on any atom is -0.352 e. The van der Waals surface area contributed by atoms with E-state index >= 15 is 0 Å². The summed E-state index contributed by atoms with van der Waals surface area (Å²) in [6.45, 7) is 0.860. The number of benzene rings is 5. The number of nitrogens with one attached hydrogen (secondary N) is 2. The molecule has 0 aliphatic heterocycles. The van der Waals surface area contributed by atoms with Crippen LogP contribution in [-0.4, -0.2) is 24.9 Å². The van der Waals surface area contributed by atoms with E-state index in [1.54, 1.807) is 6.08 Å². The third-order valence-electron chi connectivity index (χ3n) is 7.06. The molecule has 0 saturated carbocycles. The summed E-state index contributed by atoms with van der Waals surface area (Å²) in [7, 11) is 0. The van der Waals surface area contributed by atoms with E-state index in [4.69, 9.17) is 0 Å². The number of nitrogens with zero attached hydrogens (tertiary/aromatic N) is 1. The van der Waals surface area contributed by atoms with Crippen LogP contribution in [0, 0.1) is 0 Å². The quantitative estimate of drug-likeness (QED) is 0.0951. The molecule has 0 radical (unpaired) electrons. The summed E-state index contributed by atoms with van der Waals surface area (Å²) in [5.41, 5.74) is 6.13. The second-order valence-corrected chi connectivity index (χ2v) is 10.1. The number of anilines is 3. The summed E-state index contributed by atoms with van der Waals surface area (Å²) in [5, 5.41) is 5.87. The Morgan fingerprint density at radius 3 is 1.28 bits per heavy atom. The second kappa shape index (κ2) is 15.0. The molecule has 0 saturated heterocycles. The largest absolute Gasteiger partial charge is 0.352 e. The predicted molar refractivity (Wildman–Crippen MR) is 175 cm³/mol. The number of rotatable bonds is 12. The molecule has 2 N–H and O–H groups in total. The molecule has 5 nitrogen and oxygen atoms in total. The van der Waals surface area contributed by atoms with Gasteiger partial charge in [0.1, 0.15) is 5.57 Å². The van der Waals surface area contributed by atoms with Crippen LogP contribution in [0.15, 0.2) is 151 Å². The van der Waals surface area contributed by atoms with Gasteiger partial charge in [-0.05, 0) is 72.0 Å². The normalized spacial score (nSPS) is 10.4. The van der Waals surface area contributed by atoms with E-state index in [1.165, 1.54) is 0 Å². The van der Waals surface area contributed by atoms with E-state index in [9.17, 15) is 9.59 Å². The summed E-state index contributed by atoms with van der Waals surface area (Å²) in [6.07, 6.45) is 3.02. The van der Waals surface area contributed by atoms with Crippen LogP contribution in [0.3, 0.4) is 0 Å². The van der Waals surface area contributed by atoms with Crippen molar-refractivity contribution in [2.45, 2.75) is 12.8 Å². The molecule has 0 aromatic heterocycles. The van der Waals surface area contributed by atoms with Crippen LogP contribution < -0.4 is 15.5 Å². The maximum absolute atomic E-state index is 13.3. The van der Waals surface area contributed by atoms with Gasteiger partial charge in [0, 0.05) is 30.2 Å². The Morgan fingerprint density at radius 2 is 0.860 bits per heavy atom. The predicted octanol–water partition coefficient (Wildman–Crippen LogP) is 7.26. The zero-order chi connectivity index (χ0) is 29.7. The van der Waals surface area contributed by atoms with Crippen molar-refractivity contribution >= 4 is 35.0 Å². The molecule has 0 unspecified atom stereocenters. The monoisotopic (exact) mass is 565 g/mol. The van der Waals surface area contributed by atoms with Gasteiger partial charge in [-0.2, -0.15) is 0 Å². The molecular weight excluding hydrogens is 530 g/mol. The number of hydrogen-bond acceptors (Lipinski definition) is 3. The maximum atomic E-state index is 13.3. The zero-order valence-electron chi connectivity index (χ0n) is 24.0. The number of carbonyl (C=O) groups is 2. The van der Waals surface area contributed by atoms with Gasteiger partial charge in [0.05, 0.1) is 0 Å². The summed E-state index contributed by atoms with van der Waals surface area (Å²) < 4.78 is 0. The Morgan fingerprint density at radius 1 is 0.488 bits per heavy atom. The summed E-state index contributed by atoms with van der Waals surface area (Å²) in [6, 6.07) is 48.1. The maximum Gasteiger partial charge on any atom is 0.256 e. The van der Waals surface area contributed by atoms with Gasteiger partial charge in [-0.3, -0.25) is 9.59 Å². The molecule has 0 aliphatic rings. The first-order valence-electron chi connectivity index (χ1n) is 14.5. The molecule has 0 aliphatic carbocycles. The van der Waals surface area contributed by atoms with Gasteiger partial charge in [0.15, 0.2) is 0 Å². The third-order valence-corrected chi connectivity index (χ3v) is 7.06. The average molecular weight is 566 g/mol. The van der Waals surface area contributed by atoms with Crippen molar-refractivity contribution in [3.05, 3.63) is 168 Å². The molecule has 0 atom stereocenters. The molecule has 5 aromatic carbocycles. The smallest absolute Gasteiger partial charge is 0.256 e. The Bertz CT molecular complexity index is 1520. The Balaban J connectivity index is 1.35. The van der Waals surface area contributed by atoms with Gasteiger partial charge < -0.3 is 15.5 Å². The molecule has 2 amide bonds. The number of amides is 2. The van der Waals surface area contributed by atoms with Crippen molar-refractivity contribution in [3.8, 4) is 0 Å². The van der Waals surface area contributed by atoms with Crippen molar-refractivity contribution in [2.24, 2.45) is 0 Å². The average Bonchev–Trinajstić information content (AvgIpc) is 3.06. The van der Waals surface area contributed by atoms with Crippen molar-refractivity contribution in [1.29, 1.82) is 0 Å². The van der Waals surface area contributed by atoms with Gasteiger partial charge >= 0.3 is 0 Å². The van der Waals surface area contributed by atoms with Crippen LogP contribution in [0.4, 0.5) is 17.1 Å². The lowest BCUT2D eigenvalue weighted by Gasteiger charge is -2.25. The highest BCUT2D eigenvalue weighted by Gasteiger charge is 2.18. The van der Waals surface area contributed by atoms with E-state index in [0.717, 1.165) is 33.8 Å². The van der Waals surface area contributed by atoms with Gasteiger partial charge in [-0.15, -0.1) is 0 Å². The number of carbonyl (C=O) groups excluding carboxylic acids is 2. The Kier molecular flexibility index (Phi) is 10.1. The lowest BCUT2D eigenvalue weighted by atomic mass is 10.1. The molecule has 43 heavy (non-hydrogen) atoms. The zero-order valence-corrected chi connectivity index (χ0v) is 24.0. The highest BCUT2D eigenvalue weighted by Crippen LogP contribution is 2.34. The first-order chi connectivity index (χ1) is 21.2. The third kappa shape index (κ3) is 8.30. The molecule has 214 valence electrons. The summed E-state index contributed by atoms with van der Waals surface area (Å²) in [5.74, 6) is -0.792. The van der Waals surface area contributed by atoms with Crippen molar-refractivity contribution in [3.63, 3.8) is 0 Å². The minimum atomic E-state index is -0.396. The van der Waals surface area contributed by atoms with E-state index < -0.39 is 11.8 Å². The second-order valence-electron chi connectivity index (χ2n) is 10.1. The standard InChI is InChI=1S/C38H35N3O2/c42-37(39-27-25-30-13-5-1-6-14-30)36(38(43)40-28-26-31-15-7-2-8-16-31)29-32-21-23-35(24-22-32)41(33-17-9-3-10-18-33)34-19-11-4-12-20-34/h1-24,29H,25-28H2,(H,39,42)(H,40,43). The van der Waals surface area contributed by atoms with E-state index in [-0.39, 0.29) is 5.57 Å². The highest BCUT2D eigenvalue weighted by atomic mass is 16.2. The van der Waals surface area contributed by atoms with Gasteiger partial charge in [-0.1, -0.05) is 109 Å². The van der Waals surface area contributed by atoms with Crippen molar-refractivity contribution < 1.29 is 9.59 Å². The van der Waals surface area contributed by atoms with Crippen LogP contribution >= 0.6 is 0 Å². The van der Waals surface area contributed by atoms with Gasteiger partial charge in [0.25, 0.3) is 11.8 Å². The molecule has 0 fully saturated rings. The number of para-hydroxylation sites is 2. The summed E-state index contributed by atoms with van der Waals surface area (Å²) >= 11 is 0. The fraction of sp³-hybridized carbons (Fsp3) is 0.105. The number of hydrogen-bond donors (Lipinski definition) is 2. The van der Waals surface area contributed by atoms with Crippen molar-refractivity contribution in [1.82, 2.24) is 10.6 Å². The molecular formula is C38H35N3O2. The lowest BCUT2D eigenvalue weighted by molar-refractivity contribution is -0.123. The van der Waals surface area contributed by atoms with Crippen LogP contribution in [0.1, 0.15) is 16.7 Å². The molecule has 5 aromatic rings. The fourth-order valence-electron chi connectivity index (χ4n) is 4.84. The van der Waals surface area contributed by atoms with Crippen LogP contribution in [-0.2, 0) is 22.4 Å². The van der Waals surface area contributed by atoms with Gasteiger partial charge in [-0.25, -0.2) is 0 Å². The first kappa shape index (κ1) is 29.1. The molecule has 0 heterocycles. The van der Waals surface area contributed by atoms with Crippen LogP contribution in [0.5, 0.6) is 0 Å². The fourth-order valence-corrected chi connectivity index (χ4v) is 4.84. The van der Waals surface area contributed by atoms with E-state index in [1.807, 2.05) is 121 Å². The lowest BCUT2D eigenvalue weighted by Crippen LogP contribution is -2.36. The highest BCUT2D eigenvalue weighted by molar-refractivity contribution is 6.21. The Labute approximate surface area is 253 Å². The van der Waals surface area contributed by atoms with Crippen LogP contribution in [0.2, 0.25) is 0 Å². The van der Waals surface area contributed by atoms with Crippen LogP contribution in [0.25, 0.3) is 6.08 Å². The molecule has 5 heteroatoms. The molecule has 0 spiro atoms. The minimum absolute atomic E-state index is 0.0804. The van der Waals surface area contributed by atoms with E-state index in [0.29, 0.717) is 25.9 Å².